The largest absolute Gasteiger partial charge is 0.426 e. The summed E-state index contributed by atoms with van der Waals surface area (Å²) < 4.78 is 43.8. The summed E-state index contributed by atoms with van der Waals surface area (Å²) in [7, 11) is 0. The first kappa shape index (κ1) is 25.8. The smallest absolute Gasteiger partial charge is 0.351 e. The van der Waals surface area contributed by atoms with Gasteiger partial charge in [-0.1, -0.05) is 18.2 Å². The van der Waals surface area contributed by atoms with Crippen LogP contribution in [-0.4, -0.2) is 71.7 Å². The van der Waals surface area contributed by atoms with E-state index in [2.05, 4.69) is 15.5 Å². The van der Waals surface area contributed by atoms with Crippen molar-refractivity contribution in [1.82, 2.24) is 20.6 Å². The molecule has 8 nitrogen and oxygen atoms in total. The summed E-state index contributed by atoms with van der Waals surface area (Å²) in [6.45, 7) is 3.20. The minimum absolute atomic E-state index is 0.0976. The molecule has 4 fully saturated rings. The molecule has 5 rings (SSSR count). The van der Waals surface area contributed by atoms with Crippen LogP contribution in [0.4, 0.5) is 18.0 Å². The number of halogens is 3. The second-order valence-corrected chi connectivity index (χ2v) is 11.2. The Morgan fingerprint density at radius 2 is 1.84 bits per heavy atom. The highest BCUT2D eigenvalue weighted by Crippen LogP contribution is 2.43. The number of likely N-dealkylation sites (tertiary alicyclic amines) is 1. The van der Waals surface area contributed by atoms with E-state index in [1.165, 1.54) is 36.1 Å². The Morgan fingerprint density at radius 1 is 1.16 bits per heavy atom. The van der Waals surface area contributed by atoms with Gasteiger partial charge in [-0.2, -0.15) is 5.26 Å². The fourth-order valence-corrected chi connectivity index (χ4v) is 5.38. The molecule has 2 aliphatic carbocycles. The van der Waals surface area contributed by atoms with Crippen LogP contribution in [0.1, 0.15) is 50.5 Å². The highest BCUT2D eigenvalue weighted by Gasteiger charge is 2.49. The number of alkyl halides is 2. The van der Waals surface area contributed by atoms with E-state index in [-0.39, 0.29) is 11.0 Å². The van der Waals surface area contributed by atoms with Gasteiger partial charge in [0.05, 0.1) is 6.07 Å². The van der Waals surface area contributed by atoms with Crippen molar-refractivity contribution in [2.75, 3.05) is 26.2 Å². The van der Waals surface area contributed by atoms with Gasteiger partial charge in [0.1, 0.15) is 17.4 Å². The standard InChI is InChI=1S/C26H32F3N5O3/c27-20-4-2-1-3-18(20)13-26(28,29)14-21(22(35)32-25(15-30)7-8-25)31-23(36)37-34-16-24(17-34)9-11-33(12-10-24)19-5-6-19/h1-4,19,21H,5-14,16-17H2,(H,31,36)(H,32,35)/t21-/m0/s1. The summed E-state index contributed by atoms with van der Waals surface area (Å²) in [5.41, 5.74) is -1.19. The Bertz CT molecular complexity index is 1070. The van der Waals surface area contributed by atoms with Crippen LogP contribution >= 0.6 is 0 Å². The van der Waals surface area contributed by atoms with Crippen molar-refractivity contribution < 1.29 is 27.6 Å². The highest BCUT2D eigenvalue weighted by molar-refractivity contribution is 5.86. The van der Waals surface area contributed by atoms with E-state index in [4.69, 9.17) is 4.84 Å². The maximum Gasteiger partial charge on any atom is 0.426 e. The molecule has 2 heterocycles. The molecule has 2 amide bonds. The molecule has 200 valence electrons. The van der Waals surface area contributed by atoms with Crippen LogP contribution in [0.15, 0.2) is 24.3 Å². The first-order valence-corrected chi connectivity index (χ1v) is 12.9. The fraction of sp³-hybridized carbons (Fsp3) is 0.654. The number of carbonyl (C=O) groups is 2. The Hall–Kier alpha value is -2.84. The van der Waals surface area contributed by atoms with E-state index in [1.54, 1.807) is 0 Å². The second-order valence-electron chi connectivity index (χ2n) is 11.2. The van der Waals surface area contributed by atoms with Gasteiger partial charge in [-0.3, -0.25) is 4.79 Å². The van der Waals surface area contributed by atoms with E-state index < -0.39 is 48.2 Å². The molecule has 1 aromatic carbocycles. The highest BCUT2D eigenvalue weighted by atomic mass is 19.3. The molecule has 1 spiro atoms. The first-order chi connectivity index (χ1) is 17.6. The van der Waals surface area contributed by atoms with Crippen molar-refractivity contribution in [3.05, 3.63) is 35.6 Å². The van der Waals surface area contributed by atoms with E-state index in [9.17, 15) is 28.0 Å². The maximum absolute atomic E-state index is 14.9. The Balaban J connectivity index is 1.17. The molecule has 37 heavy (non-hydrogen) atoms. The van der Waals surface area contributed by atoms with Crippen LogP contribution in [0.25, 0.3) is 0 Å². The lowest BCUT2D eigenvalue weighted by molar-refractivity contribution is -0.218. The quantitative estimate of drug-likeness (QED) is 0.520. The van der Waals surface area contributed by atoms with Gasteiger partial charge >= 0.3 is 6.09 Å². The number of amides is 2. The zero-order valence-corrected chi connectivity index (χ0v) is 20.6. The lowest BCUT2D eigenvalue weighted by Gasteiger charge is -2.52. The van der Waals surface area contributed by atoms with Crippen molar-refractivity contribution in [1.29, 1.82) is 5.26 Å². The predicted octanol–water partition coefficient (Wildman–Crippen LogP) is 3.14. The molecule has 2 saturated heterocycles. The molecule has 0 unspecified atom stereocenters. The molecule has 2 N–H and O–H groups in total. The maximum atomic E-state index is 14.9. The minimum Gasteiger partial charge on any atom is -0.351 e. The van der Waals surface area contributed by atoms with Crippen LogP contribution in [-0.2, 0) is 16.1 Å². The van der Waals surface area contributed by atoms with Gasteiger partial charge in [-0.05, 0) is 63.2 Å². The van der Waals surface area contributed by atoms with Crippen LogP contribution in [0.3, 0.4) is 0 Å². The number of nitrogens with zero attached hydrogens (tertiary/aromatic N) is 3. The number of benzene rings is 1. The molecule has 0 aromatic heterocycles. The van der Waals surface area contributed by atoms with E-state index in [0.717, 1.165) is 38.0 Å². The number of nitrogens with one attached hydrogen (secondary N) is 2. The van der Waals surface area contributed by atoms with E-state index in [1.807, 2.05) is 6.07 Å². The fourth-order valence-electron chi connectivity index (χ4n) is 5.38. The van der Waals surface area contributed by atoms with Crippen LogP contribution in [0.2, 0.25) is 0 Å². The molecule has 2 aliphatic heterocycles. The lowest BCUT2D eigenvalue weighted by Crippen LogP contribution is -2.61. The van der Waals surface area contributed by atoms with Gasteiger partial charge < -0.3 is 20.4 Å². The monoisotopic (exact) mass is 519 g/mol. The SMILES string of the molecule is N#CC1(NC(=O)[C@H](CC(F)(F)Cc2ccccc2F)NC(=O)ON2CC3(CCN(C4CC4)CC3)C2)CC1. The molecular formula is C26H32F3N5O3. The third-order valence-electron chi connectivity index (χ3n) is 8.00. The van der Waals surface area contributed by atoms with Crippen molar-refractivity contribution >= 4 is 12.0 Å². The first-order valence-electron chi connectivity index (χ1n) is 12.9. The van der Waals surface area contributed by atoms with Gasteiger partial charge in [-0.25, -0.2) is 18.0 Å². The minimum atomic E-state index is -3.50. The molecule has 1 atom stereocenters. The third kappa shape index (κ3) is 6.18. The van der Waals surface area contributed by atoms with Crippen LogP contribution in [0.5, 0.6) is 0 Å². The summed E-state index contributed by atoms with van der Waals surface area (Å²) in [6, 6.07) is 6.24. The van der Waals surface area contributed by atoms with Gasteiger partial charge in [0.25, 0.3) is 5.92 Å². The van der Waals surface area contributed by atoms with Gasteiger partial charge in [0.2, 0.25) is 5.91 Å². The molecule has 0 bridgehead atoms. The number of hydrogen-bond acceptors (Lipinski definition) is 6. The van der Waals surface area contributed by atoms with Crippen molar-refractivity contribution in [2.24, 2.45) is 5.41 Å². The van der Waals surface area contributed by atoms with Crippen molar-refractivity contribution in [3.63, 3.8) is 0 Å². The molecule has 11 heteroatoms. The molecule has 1 aromatic rings. The Labute approximate surface area is 214 Å². The Morgan fingerprint density at radius 3 is 2.43 bits per heavy atom. The average Bonchev–Trinajstić information content (AvgIpc) is 3.75. The summed E-state index contributed by atoms with van der Waals surface area (Å²) >= 11 is 0. The lowest BCUT2D eigenvalue weighted by atomic mass is 9.73. The summed E-state index contributed by atoms with van der Waals surface area (Å²) in [4.78, 5) is 33.3. The summed E-state index contributed by atoms with van der Waals surface area (Å²) in [6.07, 6.45) is 2.40. The van der Waals surface area contributed by atoms with Gasteiger partial charge in [0.15, 0.2) is 0 Å². The number of rotatable bonds is 9. The predicted molar refractivity (Wildman–Crippen MR) is 127 cm³/mol. The third-order valence-corrected chi connectivity index (χ3v) is 8.00. The Kier molecular flexibility index (Phi) is 6.83. The van der Waals surface area contributed by atoms with Crippen LogP contribution < -0.4 is 10.6 Å². The average molecular weight is 520 g/mol. The number of hydroxylamine groups is 2. The number of nitriles is 1. The molecular weight excluding hydrogens is 487 g/mol. The molecule has 0 radical (unpaired) electrons. The topological polar surface area (TPSA) is 97.7 Å². The van der Waals surface area contributed by atoms with E-state index >= 15 is 0 Å². The number of piperidine rings is 1. The zero-order chi connectivity index (χ0) is 26.3. The second kappa shape index (κ2) is 9.80. The van der Waals surface area contributed by atoms with Crippen LogP contribution in [0, 0.1) is 22.6 Å². The molecule has 4 aliphatic rings. The normalized spacial score (nSPS) is 23.4. The van der Waals surface area contributed by atoms with Gasteiger partial charge in [0, 0.05) is 37.4 Å². The summed E-state index contributed by atoms with van der Waals surface area (Å²) in [5, 5.41) is 15.5. The number of carbonyl (C=O) groups excluding carboxylic acids is 2. The van der Waals surface area contributed by atoms with E-state index in [0.29, 0.717) is 25.9 Å². The van der Waals surface area contributed by atoms with Crippen molar-refractivity contribution in [2.45, 2.75) is 74.9 Å². The zero-order valence-electron chi connectivity index (χ0n) is 20.6. The van der Waals surface area contributed by atoms with Crippen molar-refractivity contribution in [3.8, 4) is 6.07 Å². The number of hydrogen-bond donors (Lipinski definition) is 2. The molecule has 2 saturated carbocycles. The van der Waals surface area contributed by atoms with Gasteiger partial charge in [-0.15, -0.1) is 5.06 Å². The summed E-state index contributed by atoms with van der Waals surface area (Å²) in [5.74, 6) is -5.17.